The Labute approximate surface area is 95.8 Å². The first-order valence-corrected chi connectivity index (χ1v) is 5.35. The summed E-state index contributed by atoms with van der Waals surface area (Å²) in [5.74, 6) is 5.69. The molecule has 0 radical (unpaired) electrons. The Morgan fingerprint density at radius 1 is 1.50 bits per heavy atom. The van der Waals surface area contributed by atoms with Gasteiger partial charge in [-0.15, -0.1) is 0 Å². The zero-order valence-corrected chi connectivity index (χ0v) is 9.69. The number of hydrazine groups is 1. The minimum absolute atomic E-state index is 0.00148. The van der Waals surface area contributed by atoms with Crippen LogP contribution in [0.25, 0.3) is 0 Å². The van der Waals surface area contributed by atoms with Crippen molar-refractivity contribution < 1.29 is 9.53 Å². The summed E-state index contributed by atoms with van der Waals surface area (Å²) >= 11 is 0. The van der Waals surface area contributed by atoms with E-state index in [1.807, 2.05) is 38.1 Å². The SMILES string of the molecule is Cc1ccccc1OC(C)CCC(=O)NN. The number of aryl methyl sites for hydroxylation is 1. The second-order valence-corrected chi connectivity index (χ2v) is 3.80. The molecule has 1 aromatic rings. The monoisotopic (exact) mass is 222 g/mol. The highest BCUT2D eigenvalue weighted by atomic mass is 16.5. The lowest BCUT2D eigenvalue weighted by atomic mass is 10.2. The Bertz CT molecular complexity index is 353. The first-order chi connectivity index (χ1) is 7.63. The number of benzene rings is 1. The molecule has 0 aliphatic heterocycles. The predicted molar refractivity (Wildman–Crippen MR) is 62.8 cm³/mol. The summed E-state index contributed by atoms with van der Waals surface area (Å²) in [5.41, 5.74) is 3.20. The summed E-state index contributed by atoms with van der Waals surface area (Å²) in [4.78, 5) is 10.9. The smallest absolute Gasteiger partial charge is 0.234 e. The molecule has 0 bridgehead atoms. The van der Waals surface area contributed by atoms with Crippen molar-refractivity contribution in [2.45, 2.75) is 32.8 Å². The van der Waals surface area contributed by atoms with Crippen LogP contribution in [0.4, 0.5) is 0 Å². The van der Waals surface area contributed by atoms with Gasteiger partial charge in [0.1, 0.15) is 5.75 Å². The molecule has 16 heavy (non-hydrogen) atoms. The lowest BCUT2D eigenvalue weighted by Crippen LogP contribution is -2.30. The van der Waals surface area contributed by atoms with Gasteiger partial charge in [-0.05, 0) is 31.9 Å². The average molecular weight is 222 g/mol. The van der Waals surface area contributed by atoms with Gasteiger partial charge in [0.2, 0.25) is 5.91 Å². The summed E-state index contributed by atoms with van der Waals surface area (Å²) in [6, 6.07) is 7.82. The van der Waals surface area contributed by atoms with E-state index in [2.05, 4.69) is 5.43 Å². The van der Waals surface area contributed by atoms with Gasteiger partial charge in [-0.1, -0.05) is 18.2 Å². The second-order valence-electron chi connectivity index (χ2n) is 3.80. The maximum Gasteiger partial charge on any atom is 0.234 e. The van der Waals surface area contributed by atoms with Crippen LogP contribution in [-0.2, 0) is 4.79 Å². The van der Waals surface area contributed by atoms with Crippen molar-refractivity contribution in [3.63, 3.8) is 0 Å². The van der Waals surface area contributed by atoms with Gasteiger partial charge in [-0.3, -0.25) is 10.2 Å². The van der Waals surface area contributed by atoms with Crippen LogP contribution >= 0.6 is 0 Å². The van der Waals surface area contributed by atoms with Gasteiger partial charge >= 0.3 is 0 Å². The van der Waals surface area contributed by atoms with Crippen molar-refractivity contribution in [1.82, 2.24) is 5.43 Å². The fraction of sp³-hybridized carbons (Fsp3) is 0.417. The number of rotatable bonds is 5. The molecule has 0 saturated carbocycles. The van der Waals surface area contributed by atoms with Crippen LogP contribution in [0.1, 0.15) is 25.3 Å². The molecule has 0 aliphatic carbocycles. The standard InChI is InChI=1S/C12H18N2O2/c1-9-5-3-4-6-11(9)16-10(2)7-8-12(15)14-13/h3-6,10H,7-8,13H2,1-2H3,(H,14,15). The Morgan fingerprint density at radius 2 is 2.19 bits per heavy atom. The van der Waals surface area contributed by atoms with Crippen molar-refractivity contribution >= 4 is 5.91 Å². The van der Waals surface area contributed by atoms with E-state index in [-0.39, 0.29) is 12.0 Å². The van der Waals surface area contributed by atoms with E-state index >= 15 is 0 Å². The van der Waals surface area contributed by atoms with Crippen molar-refractivity contribution in [3.8, 4) is 5.75 Å². The van der Waals surface area contributed by atoms with Gasteiger partial charge in [-0.25, -0.2) is 5.84 Å². The van der Waals surface area contributed by atoms with E-state index in [4.69, 9.17) is 10.6 Å². The van der Waals surface area contributed by atoms with E-state index in [1.165, 1.54) is 0 Å². The fourth-order valence-corrected chi connectivity index (χ4v) is 1.37. The molecule has 4 heteroatoms. The quantitative estimate of drug-likeness (QED) is 0.451. The third-order valence-corrected chi connectivity index (χ3v) is 2.36. The first-order valence-electron chi connectivity index (χ1n) is 5.35. The topological polar surface area (TPSA) is 64.3 Å². The number of amides is 1. The summed E-state index contributed by atoms with van der Waals surface area (Å²) in [6.07, 6.45) is 1.03. The lowest BCUT2D eigenvalue weighted by molar-refractivity contribution is -0.121. The number of ether oxygens (including phenoxy) is 1. The molecule has 1 atom stereocenters. The number of hydrogen-bond acceptors (Lipinski definition) is 3. The largest absolute Gasteiger partial charge is 0.490 e. The molecule has 0 spiro atoms. The van der Waals surface area contributed by atoms with Gasteiger partial charge in [0.05, 0.1) is 6.10 Å². The Hall–Kier alpha value is -1.55. The van der Waals surface area contributed by atoms with E-state index < -0.39 is 0 Å². The van der Waals surface area contributed by atoms with Crippen LogP contribution < -0.4 is 16.0 Å². The maximum absolute atomic E-state index is 10.9. The minimum atomic E-state index is -0.166. The van der Waals surface area contributed by atoms with Crippen LogP contribution in [0.5, 0.6) is 5.75 Å². The van der Waals surface area contributed by atoms with Gasteiger partial charge < -0.3 is 4.74 Å². The Morgan fingerprint density at radius 3 is 2.81 bits per heavy atom. The summed E-state index contributed by atoms with van der Waals surface area (Å²) in [6.45, 7) is 3.94. The highest BCUT2D eigenvalue weighted by Gasteiger charge is 2.08. The van der Waals surface area contributed by atoms with Crippen LogP contribution in [0, 0.1) is 6.92 Å². The molecule has 0 saturated heterocycles. The van der Waals surface area contributed by atoms with E-state index in [0.29, 0.717) is 12.8 Å². The number of carbonyl (C=O) groups excluding carboxylic acids is 1. The van der Waals surface area contributed by atoms with E-state index in [0.717, 1.165) is 11.3 Å². The highest BCUT2D eigenvalue weighted by Crippen LogP contribution is 2.18. The lowest BCUT2D eigenvalue weighted by Gasteiger charge is -2.15. The minimum Gasteiger partial charge on any atom is -0.490 e. The maximum atomic E-state index is 10.9. The molecule has 0 aromatic heterocycles. The molecule has 0 fully saturated rings. The molecule has 1 amide bonds. The molecule has 1 aromatic carbocycles. The molecular formula is C12H18N2O2. The zero-order valence-electron chi connectivity index (χ0n) is 9.69. The molecule has 88 valence electrons. The van der Waals surface area contributed by atoms with Crippen molar-refractivity contribution in [2.75, 3.05) is 0 Å². The van der Waals surface area contributed by atoms with Crippen LogP contribution in [-0.4, -0.2) is 12.0 Å². The number of hydrogen-bond donors (Lipinski definition) is 2. The van der Waals surface area contributed by atoms with Gasteiger partial charge in [0, 0.05) is 6.42 Å². The first kappa shape index (κ1) is 12.5. The second kappa shape index (κ2) is 6.12. The third kappa shape index (κ3) is 3.90. The highest BCUT2D eigenvalue weighted by molar-refractivity contribution is 5.75. The van der Waals surface area contributed by atoms with Crippen LogP contribution in [0.3, 0.4) is 0 Å². The average Bonchev–Trinajstić information content (AvgIpc) is 2.29. The molecule has 0 aliphatic rings. The third-order valence-electron chi connectivity index (χ3n) is 2.36. The number of nitrogens with one attached hydrogen (secondary N) is 1. The van der Waals surface area contributed by atoms with Crippen LogP contribution in [0.2, 0.25) is 0 Å². The molecule has 0 heterocycles. The zero-order chi connectivity index (χ0) is 12.0. The van der Waals surface area contributed by atoms with E-state index in [1.54, 1.807) is 0 Å². The Kier molecular flexibility index (Phi) is 4.79. The number of carbonyl (C=O) groups is 1. The number of para-hydroxylation sites is 1. The normalized spacial score (nSPS) is 11.9. The summed E-state index contributed by atoms with van der Waals surface area (Å²) < 4.78 is 5.72. The van der Waals surface area contributed by atoms with Gasteiger partial charge in [0.15, 0.2) is 0 Å². The van der Waals surface area contributed by atoms with Crippen molar-refractivity contribution in [3.05, 3.63) is 29.8 Å². The summed E-state index contributed by atoms with van der Waals surface area (Å²) in [7, 11) is 0. The molecule has 3 N–H and O–H groups in total. The summed E-state index contributed by atoms with van der Waals surface area (Å²) in [5, 5.41) is 0. The van der Waals surface area contributed by atoms with E-state index in [9.17, 15) is 4.79 Å². The van der Waals surface area contributed by atoms with Crippen molar-refractivity contribution in [2.24, 2.45) is 5.84 Å². The predicted octanol–water partition coefficient (Wildman–Crippen LogP) is 1.53. The van der Waals surface area contributed by atoms with Gasteiger partial charge in [0.25, 0.3) is 0 Å². The molecular weight excluding hydrogens is 204 g/mol. The molecule has 1 rings (SSSR count). The Balaban J connectivity index is 2.43. The van der Waals surface area contributed by atoms with Crippen molar-refractivity contribution in [1.29, 1.82) is 0 Å². The van der Waals surface area contributed by atoms with Crippen LogP contribution in [0.15, 0.2) is 24.3 Å². The number of nitrogens with two attached hydrogens (primary N) is 1. The van der Waals surface area contributed by atoms with Gasteiger partial charge in [-0.2, -0.15) is 0 Å². The molecule has 1 unspecified atom stereocenters. The fourth-order valence-electron chi connectivity index (χ4n) is 1.37. The molecule has 4 nitrogen and oxygen atoms in total.